The highest BCUT2D eigenvalue weighted by Gasteiger charge is 2.12. The number of benzene rings is 1. The Morgan fingerprint density at radius 2 is 1.25 bits per heavy atom. The lowest BCUT2D eigenvalue weighted by Gasteiger charge is -2.12. The molecule has 4 nitrogen and oxygen atoms in total. The van der Waals surface area contributed by atoms with Crippen LogP contribution in [0.15, 0.2) is 24.3 Å². The van der Waals surface area contributed by atoms with Crippen LogP contribution in [0.2, 0.25) is 0 Å². The molecule has 0 aromatic heterocycles. The first-order chi connectivity index (χ1) is 15.5. The van der Waals surface area contributed by atoms with Gasteiger partial charge in [-0.25, -0.2) is 0 Å². The number of ether oxygens (including phenoxy) is 2. The number of para-hydroxylation sites is 1. The predicted octanol–water partition coefficient (Wildman–Crippen LogP) is 8.13. The van der Waals surface area contributed by atoms with Crippen LogP contribution in [0.25, 0.3) is 0 Å². The SMILES string of the molecule is CCCCCCCCCCCCCCOC(=O)CCCC(=O)Oc1ccccc1C(C)C. The van der Waals surface area contributed by atoms with Crippen LogP contribution in [-0.4, -0.2) is 18.5 Å². The van der Waals surface area contributed by atoms with Gasteiger partial charge in [-0.05, 0) is 30.4 Å². The lowest BCUT2D eigenvalue weighted by Crippen LogP contribution is -2.11. The Morgan fingerprint density at radius 3 is 1.84 bits per heavy atom. The van der Waals surface area contributed by atoms with Crippen molar-refractivity contribution in [3.8, 4) is 5.75 Å². The Morgan fingerprint density at radius 1 is 0.719 bits per heavy atom. The second-order valence-corrected chi connectivity index (χ2v) is 9.13. The minimum Gasteiger partial charge on any atom is -0.466 e. The first-order valence-corrected chi connectivity index (χ1v) is 13.0. The zero-order valence-corrected chi connectivity index (χ0v) is 20.8. The molecule has 0 fully saturated rings. The van der Waals surface area contributed by atoms with Gasteiger partial charge >= 0.3 is 11.9 Å². The van der Waals surface area contributed by atoms with Crippen molar-refractivity contribution in [1.29, 1.82) is 0 Å². The lowest BCUT2D eigenvalue weighted by atomic mass is 10.0. The molecule has 0 aliphatic rings. The van der Waals surface area contributed by atoms with E-state index in [4.69, 9.17) is 9.47 Å². The lowest BCUT2D eigenvalue weighted by molar-refractivity contribution is -0.144. The quantitative estimate of drug-likeness (QED) is 0.122. The Bertz CT molecular complexity index is 624. The number of carbonyl (C=O) groups excluding carboxylic acids is 2. The number of carbonyl (C=O) groups is 2. The number of hydrogen-bond acceptors (Lipinski definition) is 4. The zero-order valence-electron chi connectivity index (χ0n) is 20.8. The summed E-state index contributed by atoms with van der Waals surface area (Å²) in [6.07, 6.45) is 16.4. The molecule has 0 saturated carbocycles. The number of rotatable bonds is 19. The second-order valence-electron chi connectivity index (χ2n) is 9.13. The minimum atomic E-state index is -0.299. The molecule has 0 aliphatic carbocycles. The van der Waals surface area contributed by atoms with E-state index in [-0.39, 0.29) is 30.7 Å². The molecule has 1 aromatic carbocycles. The molecule has 1 rings (SSSR count). The summed E-state index contributed by atoms with van der Waals surface area (Å²) in [5.41, 5.74) is 1.02. The number of esters is 2. The van der Waals surface area contributed by atoms with E-state index in [2.05, 4.69) is 20.8 Å². The molecule has 0 radical (unpaired) electrons. The van der Waals surface area contributed by atoms with Crippen molar-refractivity contribution in [2.24, 2.45) is 0 Å². The molecule has 1 aromatic rings. The molecule has 0 heterocycles. The van der Waals surface area contributed by atoms with E-state index >= 15 is 0 Å². The summed E-state index contributed by atoms with van der Waals surface area (Å²) < 4.78 is 10.8. The molecule has 182 valence electrons. The van der Waals surface area contributed by atoms with Crippen LogP contribution in [0.3, 0.4) is 0 Å². The molecule has 0 amide bonds. The molecule has 32 heavy (non-hydrogen) atoms. The maximum absolute atomic E-state index is 12.1. The summed E-state index contributed by atoms with van der Waals surface area (Å²) in [7, 11) is 0. The van der Waals surface area contributed by atoms with Gasteiger partial charge in [0, 0.05) is 12.8 Å². The minimum absolute atomic E-state index is 0.219. The molecule has 0 spiro atoms. The van der Waals surface area contributed by atoms with E-state index in [0.29, 0.717) is 18.8 Å². The summed E-state index contributed by atoms with van der Waals surface area (Å²) >= 11 is 0. The predicted molar refractivity (Wildman–Crippen MR) is 132 cm³/mol. The van der Waals surface area contributed by atoms with Gasteiger partial charge in [0.05, 0.1) is 6.61 Å². The summed E-state index contributed by atoms with van der Waals surface area (Å²) in [6.45, 7) is 6.88. The van der Waals surface area contributed by atoms with Crippen molar-refractivity contribution in [3.63, 3.8) is 0 Å². The van der Waals surface area contributed by atoms with Crippen molar-refractivity contribution in [1.82, 2.24) is 0 Å². The maximum atomic E-state index is 12.1. The zero-order chi connectivity index (χ0) is 23.4. The average molecular weight is 447 g/mol. The van der Waals surface area contributed by atoms with Crippen LogP contribution in [-0.2, 0) is 14.3 Å². The highest BCUT2D eigenvalue weighted by molar-refractivity contribution is 5.74. The highest BCUT2D eigenvalue weighted by atomic mass is 16.5. The fourth-order valence-electron chi connectivity index (χ4n) is 3.80. The number of hydrogen-bond donors (Lipinski definition) is 0. The van der Waals surface area contributed by atoms with Crippen LogP contribution in [0.5, 0.6) is 5.75 Å². The Hall–Kier alpha value is -1.84. The fraction of sp³-hybridized carbons (Fsp3) is 0.714. The summed E-state index contributed by atoms with van der Waals surface area (Å²) in [5.74, 6) is 0.381. The van der Waals surface area contributed by atoms with Gasteiger partial charge in [0.2, 0.25) is 0 Å². The molecule has 0 N–H and O–H groups in total. The Kier molecular flexibility index (Phi) is 16.5. The van der Waals surface area contributed by atoms with E-state index in [1.165, 1.54) is 64.2 Å². The highest BCUT2D eigenvalue weighted by Crippen LogP contribution is 2.26. The van der Waals surface area contributed by atoms with Crippen molar-refractivity contribution >= 4 is 11.9 Å². The molecular weight excluding hydrogens is 400 g/mol. The molecule has 0 bridgehead atoms. The monoisotopic (exact) mass is 446 g/mol. The topological polar surface area (TPSA) is 52.6 Å². The summed E-state index contributed by atoms with van der Waals surface area (Å²) in [4.78, 5) is 23.9. The molecular formula is C28H46O4. The molecule has 0 saturated heterocycles. The first-order valence-electron chi connectivity index (χ1n) is 13.0. The van der Waals surface area contributed by atoms with Crippen LogP contribution in [0, 0.1) is 0 Å². The first kappa shape index (κ1) is 28.2. The van der Waals surface area contributed by atoms with Gasteiger partial charge in [-0.2, -0.15) is 0 Å². The molecule has 0 aliphatic heterocycles. The van der Waals surface area contributed by atoms with Crippen LogP contribution < -0.4 is 4.74 Å². The van der Waals surface area contributed by atoms with Gasteiger partial charge in [0.15, 0.2) is 0 Å². The normalized spacial score (nSPS) is 11.0. The van der Waals surface area contributed by atoms with Crippen LogP contribution >= 0.6 is 0 Å². The van der Waals surface area contributed by atoms with Gasteiger partial charge < -0.3 is 9.47 Å². The van der Waals surface area contributed by atoms with E-state index in [1.807, 2.05) is 24.3 Å². The molecule has 0 atom stereocenters. The summed E-state index contributed by atoms with van der Waals surface area (Å²) in [6, 6.07) is 7.59. The van der Waals surface area contributed by atoms with Gasteiger partial charge in [-0.3, -0.25) is 9.59 Å². The van der Waals surface area contributed by atoms with Gasteiger partial charge in [-0.15, -0.1) is 0 Å². The van der Waals surface area contributed by atoms with E-state index in [1.54, 1.807) is 0 Å². The fourth-order valence-corrected chi connectivity index (χ4v) is 3.80. The van der Waals surface area contributed by atoms with E-state index < -0.39 is 0 Å². The molecule has 4 heteroatoms. The van der Waals surface area contributed by atoms with Gasteiger partial charge in [0.1, 0.15) is 5.75 Å². The number of unbranched alkanes of at least 4 members (excludes halogenated alkanes) is 11. The van der Waals surface area contributed by atoms with E-state index in [9.17, 15) is 9.59 Å². The van der Waals surface area contributed by atoms with Gasteiger partial charge in [-0.1, -0.05) is 110 Å². The second kappa shape index (κ2) is 18.7. The van der Waals surface area contributed by atoms with Gasteiger partial charge in [0.25, 0.3) is 0 Å². The standard InChI is InChI=1S/C28H46O4/c1-4-5-6-7-8-9-10-11-12-13-14-17-23-31-27(29)21-18-22-28(30)32-26-20-16-15-19-25(26)24(2)3/h15-16,19-20,24H,4-14,17-18,21-23H2,1-3H3. The third-order valence-corrected chi connectivity index (χ3v) is 5.79. The van der Waals surface area contributed by atoms with E-state index in [0.717, 1.165) is 18.4 Å². The van der Waals surface area contributed by atoms with Crippen molar-refractivity contribution in [3.05, 3.63) is 29.8 Å². The van der Waals surface area contributed by atoms with Crippen molar-refractivity contribution in [2.45, 2.75) is 123 Å². The maximum Gasteiger partial charge on any atom is 0.311 e. The largest absolute Gasteiger partial charge is 0.466 e. The smallest absolute Gasteiger partial charge is 0.311 e. The molecule has 0 unspecified atom stereocenters. The Labute approximate surface area is 196 Å². The Balaban J connectivity index is 1.96. The third-order valence-electron chi connectivity index (χ3n) is 5.79. The van der Waals surface area contributed by atoms with Crippen molar-refractivity contribution in [2.75, 3.05) is 6.61 Å². The summed E-state index contributed by atoms with van der Waals surface area (Å²) in [5, 5.41) is 0. The van der Waals surface area contributed by atoms with Crippen LogP contribution in [0.1, 0.15) is 129 Å². The third kappa shape index (κ3) is 14.3. The average Bonchev–Trinajstić information content (AvgIpc) is 2.77. The van der Waals surface area contributed by atoms with Crippen LogP contribution in [0.4, 0.5) is 0 Å². The van der Waals surface area contributed by atoms with Crippen molar-refractivity contribution < 1.29 is 19.1 Å².